The molecule has 176 valence electrons. The number of fused-ring (bicyclic) bond motifs is 1. The summed E-state index contributed by atoms with van der Waals surface area (Å²) in [4.78, 5) is 48.6. The molecule has 2 amide bonds. The molecule has 11 nitrogen and oxygen atoms in total. The molecule has 2 aliphatic heterocycles. The summed E-state index contributed by atoms with van der Waals surface area (Å²) in [6, 6.07) is 0. The van der Waals surface area contributed by atoms with E-state index in [0.29, 0.717) is 13.1 Å². The van der Waals surface area contributed by atoms with Gasteiger partial charge in [-0.3, -0.25) is 19.4 Å². The fourth-order valence-corrected chi connectivity index (χ4v) is 4.43. The second-order valence-electron chi connectivity index (χ2n) is 8.41. The summed E-state index contributed by atoms with van der Waals surface area (Å²) in [5, 5.41) is 4.25. The molecule has 0 unspecified atom stereocenters. The van der Waals surface area contributed by atoms with Crippen LogP contribution in [0, 0.1) is 5.82 Å². The molecule has 2 saturated heterocycles. The van der Waals surface area contributed by atoms with E-state index in [2.05, 4.69) is 15.3 Å². The molecule has 4 rings (SSSR count). The quantitative estimate of drug-likeness (QED) is 0.208. The van der Waals surface area contributed by atoms with Crippen molar-refractivity contribution in [3.63, 3.8) is 0 Å². The molecule has 0 aromatic carbocycles. The van der Waals surface area contributed by atoms with Crippen LogP contribution in [0.4, 0.5) is 10.2 Å². The summed E-state index contributed by atoms with van der Waals surface area (Å²) in [5.74, 6) is 3.63. The molecule has 0 spiro atoms. The number of ketones is 1. The number of amides is 2. The van der Waals surface area contributed by atoms with Crippen LogP contribution < -0.4 is 21.9 Å². The minimum Gasteiger partial charge on any atom is -0.403 e. The maximum atomic E-state index is 14.6. The van der Waals surface area contributed by atoms with E-state index in [0.717, 1.165) is 30.6 Å². The number of nitrogens with one attached hydrogen (secondary N) is 2. The Kier molecular flexibility index (Phi) is 6.04. The summed E-state index contributed by atoms with van der Waals surface area (Å²) >= 11 is 0. The Labute approximate surface area is 189 Å². The Morgan fingerprint density at radius 3 is 2.58 bits per heavy atom. The lowest BCUT2D eigenvalue weighted by Gasteiger charge is -2.38. The Morgan fingerprint density at radius 1 is 1.24 bits per heavy atom. The number of aromatic amines is 1. The maximum absolute atomic E-state index is 14.6. The van der Waals surface area contributed by atoms with Gasteiger partial charge in [-0.15, -0.1) is 0 Å². The van der Waals surface area contributed by atoms with Crippen molar-refractivity contribution in [1.29, 1.82) is 0 Å². The second kappa shape index (κ2) is 8.79. The monoisotopic (exact) mass is 458 g/mol. The molecule has 1 atom stereocenters. The topological polar surface area (TPSA) is 154 Å². The molecule has 2 aliphatic rings. The second-order valence-corrected chi connectivity index (χ2v) is 8.41. The minimum atomic E-state index is -0.848. The van der Waals surface area contributed by atoms with Gasteiger partial charge in [-0.05, 0) is 26.3 Å². The van der Waals surface area contributed by atoms with Gasteiger partial charge in [0.05, 0.1) is 28.2 Å². The summed E-state index contributed by atoms with van der Waals surface area (Å²) in [5.41, 5.74) is 4.82. The van der Waals surface area contributed by atoms with Crippen molar-refractivity contribution >= 4 is 34.3 Å². The Morgan fingerprint density at radius 2 is 1.94 bits per heavy atom. The number of carbonyl (C=O) groups is 3. The van der Waals surface area contributed by atoms with Gasteiger partial charge >= 0.3 is 0 Å². The predicted molar refractivity (Wildman–Crippen MR) is 119 cm³/mol. The molecule has 2 aromatic rings. The largest absolute Gasteiger partial charge is 0.403 e. The van der Waals surface area contributed by atoms with Gasteiger partial charge in [-0.25, -0.2) is 15.2 Å². The van der Waals surface area contributed by atoms with Crippen molar-refractivity contribution in [3.8, 4) is 0 Å². The van der Waals surface area contributed by atoms with Crippen LogP contribution >= 0.6 is 0 Å². The standard InChI is InChI=1S/C21H27FN8O3/c1-21(3-2-5-27-21)20(33)29-9-7-28(8-10-29)19(32)17(31)13-11-25-16-15(13)14(22)12-26-18(16)30(24)6-4-23/h4,6,11-12,25,27H,2-3,5,7-10,23-24H2,1H3/b6-4-/t21-/m1/s1. The lowest BCUT2D eigenvalue weighted by Crippen LogP contribution is -2.59. The summed E-state index contributed by atoms with van der Waals surface area (Å²) in [6.45, 7) is 3.81. The number of nitrogens with zero attached hydrogens (tertiary/aromatic N) is 4. The number of Topliss-reactive ketones (excluding diaryl/α,β-unsaturated/α-hetero) is 1. The highest BCUT2D eigenvalue weighted by Crippen LogP contribution is 2.29. The molecule has 0 radical (unpaired) electrons. The highest BCUT2D eigenvalue weighted by molar-refractivity contribution is 6.45. The van der Waals surface area contributed by atoms with E-state index in [1.165, 1.54) is 23.5 Å². The number of hydrogen-bond acceptors (Lipinski definition) is 8. The van der Waals surface area contributed by atoms with Crippen LogP contribution in [0.15, 0.2) is 24.8 Å². The van der Waals surface area contributed by atoms with Crippen LogP contribution in [-0.2, 0) is 9.59 Å². The van der Waals surface area contributed by atoms with Gasteiger partial charge in [-0.2, -0.15) is 0 Å². The lowest BCUT2D eigenvalue weighted by molar-refractivity contribution is -0.141. The number of carbonyl (C=O) groups excluding carboxylic acids is 3. The normalized spacial score (nSPS) is 21.2. The van der Waals surface area contributed by atoms with Crippen LogP contribution in [0.3, 0.4) is 0 Å². The third-order valence-corrected chi connectivity index (χ3v) is 6.27. The van der Waals surface area contributed by atoms with Crippen molar-refractivity contribution in [2.75, 3.05) is 37.7 Å². The van der Waals surface area contributed by atoms with Gasteiger partial charge in [0.25, 0.3) is 11.7 Å². The number of anilines is 1. The average Bonchev–Trinajstić information content (AvgIpc) is 3.46. The first-order chi connectivity index (χ1) is 15.8. The van der Waals surface area contributed by atoms with Crippen molar-refractivity contribution in [1.82, 2.24) is 25.1 Å². The van der Waals surface area contributed by atoms with E-state index in [9.17, 15) is 18.8 Å². The van der Waals surface area contributed by atoms with Crippen molar-refractivity contribution in [2.45, 2.75) is 25.3 Å². The minimum absolute atomic E-state index is 0.00928. The number of piperazine rings is 1. The molecule has 0 bridgehead atoms. The number of halogens is 1. The molecule has 0 aliphatic carbocycles. The maximum Gasteiger partial charge on any atom is 0.295 e. The number of pyridine rings is 1. The van der Waals surface area contributed by atoms with Crippen LogP contribution in [0.5, 0.6) is 0 Å². The van der Waals surface area contributed by atoms with E-state index < -0.39 is 23.0 Å². The van der Waals surface area contributed by atoms with Gasteiger partial charge in [0.15, 0.2) is 11.6 Å². The third kappa shape index (κ3) is 4.02. The molecular weight excluding hydrogens is 431 g/mol. The number of hydrogen-bond donors (Lipinski definition) is 4. The van der Waals surface area contributed by atoms with Crippen molar-refractivity contribution in [3.05, 3.63) is 36.2 Å². The Balaban J connectivity index is 1.49. The number of hydrazine groups is 1. The number of H-pyrrole nitrogens is 1. The lowest BCUT2D eigenvalue weighted by atomic mass is 9.98. The van der Waals surface area contributed by atoms with Crippen molar-refractivity contribution < 1.29 is 18.8 Å². The number of nitrogens with two attached hydrogens (primary N) is 2. The molecule has 2 fully saturated rings. The zero-order valence-corrected chi connectivity index (χ0v) is 18.3. The zero-order valence-electron chi connectivity index (χ0n) is 18.3. The summed E-state index contributed by atoms with van der Waals surface area (Å²) < 4.78 is 14.6. The SMILES string of the molecule is C[C@]1(C(=O)N2CCN(C(=O)C(=O)c3c[nH]c4c(N(N)/C=C\N)ncc(F)c34)CC2)CCCN1. The van der Waals surface area contributed by atoms with Gasteiger partial charge in [-0.1, -0.05) is 0 Å². The summed E-state index contributed by atoms with van der Waals surface area (Å²) in [7, 11) is 0. The van der Waals surface area contributed by atoms with Gasteiger partial charge in [0.1, 0.15) is 0 Å². The number of aromatic nitrogens is 2. The zero-order chi connectivity index (χ0) is 23.8. The van der Waals surface area contributed by atoms with E-state index >= 15 is 0 Å². The Bertz CT molecular complexity index is 1120. The molecule has 0 saturated carbocycles. The predicted octanol–water partition coefficient (Wildman–Crippen LogP) is -0.192. The van der Waals surface area contributed by atoms with Crippen molar-refractivity contribution in [2.24, 2.45) is 11.6 Å². The van der Waals surface area contributed by atoms with Crippen LogP contribution in [0.25, 0.3) is 10.9 Å². The highest BCUT2D eigenvalue weighted by Gasteiger charge is 2.40. The fraction of sp³-hybridized carbons (Fsp3) is 0.429. The van der Waals surface area contributed by atoms with Gasteiger partial charge in [0, 0.05) is 44.8 Å². The molecule has 4 heterocycles. The van der Waals surface area contributed by atoms with Crippen LogP contribution in [0.1, 0.15) is 30.1 Å². The molecule has 6 N–H and O–H groups in total. The Hall–Kier alpha value is -3.51. The number of rotatable bonds is 5. The first-order valence-corrected chi connectivity index (χ1v) is 10.7. The molecular formula is C21H27FN8O3. The van der Waals surface area contributed by atoms with Crippen LogP contribution in [0.2, 0.25) is 0 Å². The summed E-state index contributed by atoms with van der Waals surface area (Å²) in [6.07, 6.45) is 6.41. The van der Waals surface area contributed by atoms with Crippen LogP contribution in [-0.4, -0.2) is 75.6 Å². The molecule has 2 aromatic heterocycles. The fourth-order valence-electron chi connectivity index (χ4n) is 4.43. The van der Waals surface area contributed by atoms with E-state index in [-0.39, 0.29) is 41.3 Å². The van der Waals surface area contributed by atoms with Gasteiger partial charge < -0.3 is 25.8 Å². The average molecular weight is 458 g/mol. The first kappa shape index (κ1) is 22.7. The first-order valence-electron chi connectivity index (χ1n) is 10.7. The van der Waals surface area contributed by atoms with E-state index in [4.69, 9.17) is 11.6 Å². The molecule has 33 heavy (non-hydrogen) atoms. The smallest absolute Gasteiger partial charge is 0.295 e. The van der Waals surface area contributed by atoms with E-state index in [1.54, 1.807) is 4.90 Å². The molecule has 12 heteroatoms. The van der Waals surface area contributed by atoms with Gasteiger partial charge in [0.2, 0.25) is 5.91 Å². The third-order valence-electron chi connectivity index (χ3n) is 6.27. The van der Waals surface area contributed by atoms with E-state index in [1.807, 2.05) is 6.92 Å². The highest BCUT2D eigenvalue weighted by atomic mass is 19.1.